The van der Waals surface area contributed by atoms with E-state index in [9.17, 15) is 19.1 Å². The number of hydrogen-bond donors (Lipinski definition) is 3. The van der Waals surface area contributed by atoms with E-state index < -0.39 is 17.4 Å². The molecule has 1 aliphatic heterocycles. The van der Waals surface area contributed by atoms with Crippen molar-refractivity contribution in [2.45, 2.75) is 18.9 Å². The van der Waals surface area contributed by atoms with Crippen molar-refractivity contribution < 1.29 is 23.8 Å². The highest BCUT2D eigenvalue weighted by Crippen LogP contribution is 2.41. The van der Waals surface area contributed by atoms with Gasteiger partial charge in [0.1, 0.15) is 28.5 Å². The fraction of sp³-hybridized carbons (Fsp3) is 0.160. The summed E-state index contributed by atoms with van der Waals surface area (Å²) < 4.78 is 20.3. The van der Waals surface area contributed by atoms with Crippen molar-refractivity contribution in [2.75, 3.05) is 6.61 Å². The van der Waals surface area contributed by atoms with Gasteiger partial charge in [0.2, 0.25) is 0 Å². The molecule has 1 amide bonds. The van der Waals surface area contributed by atoms with E-state index in [1.165, 1.54) is 12.1 Å². The number of aromatic nitrogens is 2. The number of carbonyl (C=O) groups is 2. The van der Waals surface area contributed by atoms with Crippen LogP contribution in [-0.4, -0.2) is 33.6 Å². The van der Waals surface area contributed by atoms with Crippen LogP contribution < -0.4 is 10.1 Å². The number of benzene rings is 2. The van der Waals surface area contributed by atoms with Gasteiger partial charge in [0, 0.05) is 29.1 Å². The lowest BCUT2D eigenvalue weighted by molar-refractivity contribution is 0.0691. The average molecular weight is 445 g/mol. The average Bonchev–Trinajstić information content (AvgIpc) is 3.25. The molecule has 1 aliphatic rings. The Balaban J connectivity index is 1.60. The first-order valence-electron chi connectivity index (χ1n) is 10.4. The Kier molecular flexibility index (Phi) is 4.85. The number of aromatic amines is 1. The molecule has 3 heterocycles. The van der Waals surface area contributed by atoms with Gasteiger partial charge >= 0.3 is 5.97 Å². The minimum Gasteiger partial charge on any atom is -0.491 e. The minimum absolute atomic E-state index is 0.0386. The third-order valence-corrected chi connectivity index (χ3v) is 6.02. The van der Waals surface area contributed by atoms with Gasteiger partial charge in [-0.05, 0) is 54.4 Å². The summed E-state index contributed by atoms with van der Waals surface area (Å²) >= 11 is 0. The summed E-state index contributed by atoms with van der Waals surface area (Å²) in [5.74, 6) is -1.33. The van der Waals surface area contributed by atoms with Gasteiger partial charge in [-0.3, -0.25) is 9.78 Å². The van der Waals surface area contributed by atoms with Gasteiger partial charge in [0.15, 0.2) is 0 Å². The summed E-state index contributed by atoms with van der Waals surface area (Å²) in [6.07, 6.45) is 1.97. The largest absolute Gasteiger partial charge is 0.491 e. The SMILES string of the molecule is Cc1ccc([C@@]2(NC(=O)c3ccc4cc(C(=O)O)[nH]c4c3)CCOc3cccnc32)cc1F. The Morgan fingerprint density at radius 3 is 2.82 bits per heavy atom. The van der Waals surface area contributed by atoms with Gasteiger partial charge in [0.25, 0.3) is 5.91 Å². The Morgan fingerprint density at radius 2 is 2.03 bits per heavy atom. The Labute approximate surface area is 188 Å². The number of halogens is 1. The molecule has 33 heavy (non-hydrogen) atoms. The molecule has 0 aliphatic carbocycles. The molecule has 0 fully saturated rings. The standard InChI is InChI=1S/C25H20FN3O4/c1-14-4-7-17(13-18(14)26)25(8-10-33-21-3-2-9-27-22(21)25)29-23(30)16-6-5-15-11-20(24(31)32)28-19(15)12-16/h2-7,9,11-13,28H,8,10H2,1H3,(H,29,30)(H,31,32)/t25-/m0/s1. The highest BCUT2D eigenvalue weighted by molar-refractivity contribution is 6.00. The van der Waals surface area contributed by atoms with Crippen LogP contribution in [0.2, 0.25) is 0 Å². The monoisotopic (exact) mass is 445 g/mol. The molecule has 2 aromatic heterocycles. The van der Waals surface area contributed by atoms with Crippen LogP contribution >= 0.6 is 0 Å². The second kappa shape index (κ2) is 7.74. The smallest absolute Gasteiger partial charge is 0.352 e. The number of carboxylic acid groups (broad SMARTS) is 1. The summed E-state index contributed by atoms with van der Waals surface area (Å²) in [4.78, 5) is 32.0. The molecule has 5 rings (SSSR count). The van der Waals surface area contributed by atoms with Gasteiger partial charge in [-0.25, -0.2) is 9.18 Å². The zero-order chi connectivity index (χ0) is 23.2. The number of fused-ring (bicyclic) bond motifs is 2. The minimum atomic E-state index is -1.10. The van der Waals surface area contributed by atoms with E-state index in [-0.39, 0.29) is 11.5 Å². The molecule has 0 spiro atoms. The highest BCUT2D eigenvalue weighted by Gasteiger charge is 2.42. The van der Waals surface area contributed by atoms with E-state index in [1.807, 2.05) is 0 Å². The van der Waals surface area contributed by atoms with Crippen molar-refractivity contribution in [3.63, 3.8) is 0 Å². The second-order valence-corrected chi connectivity index (χ2v) is 8.06. The number of aryl methyl sites for hydroxylation is 1. The van der Waals surface area contributed by atoms with Gasteiger partial charge in [-0.2, -0.15) is 0 Å². The zero-order valence-electron chi connectivity index (χ0n) is 17.7. The van der Waals surface area contributed by atoms with E-state index >= 15 is 0 Å². The van der Waals surface area contributed by atoms with Gasteiger partial charge < -0.3 is 20.1 Å². The van der Waals surface area contributed by atoms with Crippen LogP contribution in [0.25, 0.3) is 10.9 Å². The summed E-state index contributed by atoms with van der Waals surface area (Å²) in [6, 6.07) is 14.8. The lowest BCUT2D eigenvalue weighted by atomic mass is 9.80. The Hall–Kier alpha value is -4.20. The van der Waals surface area contributed by atoms with Gasteiger partial charge in [-0.15, -0.1) is 0 Å². The third kappa shape index (κ3) is 3.49. The number of aromatic carboxylic acids is 1. The maximum Gasteiger partial charge on any atom is 0.352 e. The zero-order valence-corrected chi connectivity index (χ0v) is 17.7. The molecule has 8 heteroatoms. The van der Waals surface area contributed by atoms with Crippen molar-refractivity contribution in [3.05, 3.63) is 94.7 Å². The first-order valence-corrected chi connectivity index (χ1v) is 10.4. The van der Waals surface area contributed by atoms with E-state index in [2.05, 4.69) is 15.3 Å². The quantitative estimate of drug-likeness (QED) is 0.438. The van der Waals surface area contributed by atoms with E-state index in [0.717, 1.165) is 0 Å². The Bertz CT molecular complexity index is 1410. The van der Waals surface area contributed by atoms with Crippen molar-refractivity contribution in [1.29, 1.82) is 0 Å². The predicted molar refractivity (Wildman–Crippen MR) is 119 cm³/mol. The van der Waals surface area contributed by atoms with Crippen molar-refractivity contribution >= 4 is 22.8 Å². The molecule has 166 valence electrons. The first-order chi connectivity index (χ1) is 15.9. The fourth-order valence-corrected chi connectivity index (χ4v) is 4.24. The van der Waals surface area contributed by atoms with Crippen LogP contribution in [0, 0.1) is 12.7 Å². The molecule has 0 saturated heterocycles. The maximum atomic E-state index is 14.6. The van der Waals surface area contributed by atoms with E-state index in [4.69, 9.17) is 4.74 Å². The highest BCUT2D eigenvalue weighted by atomic mass is 19.1. The number of nitrogens with one attached hydrogen (secondary N) is 2. The van der Waals surface area contributed by atoms with Crippen molar-refractivity contribution in [2.24, 2.45) is 0 Å². The molecule has 1 atom stereocenters. The van der Waals surface area contributed by atoms with E-state index in [0.29, 0.717) is 52.1 Å². The molecule has 0 bridgehead atoms. The second-order valence-electron chi connectivity index (χ2n) is 8.06. The van der Waals surface area contributed by atoms with Crippen LogP contribution in [0.15, 0.2) is 60.8 Å². The van der Waals surface area contributed by atoms with Crippen LogP contribution in [-0.2, 0) is 5.54 Å². The number of pyridine rings is 1. The Morgan fingerprint density at radius 1 is 1.18 bits per heavy atom. The molecule has 0 unspecified atom stereocenters. The van der Waals surface area contributed by atoms with Crippen LogP contribution in [0.5, 0.6) is 5.75 Å². The van der Waals surface area contributed by atoms with Crippen LogP contribution in [0.4, 0.5) is 4.39 Å². The molecule has 7 nitrogen and oxygen atoms in total. The molecular weight excluding hydrogens is 425 g/mol. The third-order valence-electron chi connectivity index (χ3n) is 6.02. The normalized spacial score (nSPS) is 17.3. The summed E-state index contributed by atoms with van der Waals surface area (Å²) in [7, 11) is 0. The van der Waals surface area contributed by atoms with Gasteiger partial charge in [0.05, 0.1) is 6.61 Å². The number of hydrogen-bond acceptors (Lipinski definition) is 4. The molecule has 4 aromatic rings. The number of H-pyrrole nitrogens is 1. The first kappa shape index (κ1) is 20.7. The summed E-state index contributed by atoms with van der Waals surface area (Å²) in [5, 5.41) is 13.0. The number of carboxylic acids is 1. The van der Waals surface area contributed by atoms with E-state index in [1.54, 1.807) is 55.6 Å². The summed E-state index contributed by atoms with van der Waals surface area (Å²) in [5.41, 5.74) is 1.37. The molecule has 2 aromatic carbocycles. The molecule has 0 radical (unpaired) electrons. The summed E-state index contributed by atoms with van der Waals surface area (Å²) in [6.45, 7) is 1.99. The lowest BCUT2D eigenvalue weighted by Crippen LogP contribution is -2.50. The van der Waals surface area contributed by atoms with Crippen molar-refractivity contribution in [3.8, 4) is 5.75 Å². The topological polar surface area (TPSA) is 104 Å². The van der Waals surface area contributed by atoms with Crippen LogP contribution in [0.3, 0.4) is 0 Å². The van der Waals surface area contributed by atoms with Gasteiger partial charge in [-0.1, -0.05) is 18.2 Å². The number of rotatable bonds is 4. The maximum absolute atomic E-state index is 14.6. The molecule has 0 saturated carbocycles. The number of amides is 1. The van der Waals surface area contributed by atoms with Crippen molar-refractivity contribution in [1.82, 2.24) is 15.3 Å². The number of carbonyl (C=O) groups excluding carboxylic acids is 1. The number of ether oxygens (including phenoxy) is 1. The van der Waals surface area contributed by atoms with Crippen LogP contribution in [0.1, 0.15) is 44.1 Å². The predicted octanol–water partition coefficient (Wildman–Crippen LogP) is 4.16. The number of nitrogens with zero attached hydrogens (tertiary/aromatic N) is 1. The molecule has 3 N–H and O–H groups in total. The fourth-order valence-electron chi connectivity index (χ4n) is 4.24. The molecular formula is C25H20FN3O4. The lowest BCUT2D eigenvalue weighted by Gasteiger charge is -2.39.